The molecule has 102 valence electrons. The molecule has 1 N–H and O–H groups in total. The van der Waals surface area contributed by atoms with E-state index in [2.05, 4.69) is 48.1 Å². The third-order valence-electron chi connectivity index (χ3n) is 4.51. The average molecular weight is 257 g/mol. The van der Waals surface area contributed by atoms with Gasteiger partial charge in [-0.25, -0.2) is 4.98 Å². The normalized spacial score (nSPS) is 18.8. The first-order valence-electron chi connectivity index (χ1n) is 7.33. The summed E-state index contributed by atoms with van der Waals surface area (Å²) >= 11 is 0. The number of aromatic nitrogens is 2. The molecule has 1 fully saturated rings. The zero-order chi connectivity index (χ0) is 13.3. The van der Waals surface area contributed by atoms with Gasteiger partial charge < -0.3 is 9.88 Å². The van der Waals surface area contributed by atoms with Gasteiger partial charge in [0.25, 0.3) is 0 Å². The third kappa shape index (κ3) is 2.52. The lowest BCUT2D eigenvalue weighted by molar-refractivity contribution is 0.250. The molecule has 0 aliphatic heterocycles. The second kappa shape index (κ2) is 4.97. The van der Waals surface area contributed by atoms with Crippen molar-refractivity contribution >= 4 is 11.0 Å². The van der Waals surface area contributed by atoms with Crippen LogP contribution < -0.4 is 5.32 Å². The average Bonchev–Trinajstić information content (AvgIpc) is 2.75. The first-order chi connectivity index (χ1) is 9.18. The molecule has 0 saturated heterocycles. The quantitative estimate of drug-likeness (QED) is 0.913. The van der Waals surface area contributed by atoms with Crippen LogP contribution in [0.2, 0.25) is 0 Å². The molecule has 3 heteroatoms. The molecule has 0 bridgehead atoms. The number of imidazole rings is 1. The van der Waals surface area contributed by atoms with E-state index < -0.39 is 0 Å². The summed E-state index contributed by atoms with van der Waals surface area (Å²) < 4.78 is 2.20. The second-order valence-corrected chi connectivity index (χ2v) is 6.05. The number of para-hydroxylation sites is 2. The van der Waals surface area contributed by atoms with E-state index in [0.29, 0.717) is 5.54 Å². The van der Waals surface area contributed by atoms with Crippen LogP contribution in [0.4, 0.5) is 0 Å². The largest absolute Gasteiger partial charge is 0.330 e. The maximum absolute atomic E-state index is 4.73. The van der Waals surface area contributed by atoms with E-state index in [1.54, 1.807) is 0 Å². The summed E-state index contributed by atoms with van der Waals surface area (Å²) in [5.41, 5.74) is 2.61. The van der Waals surface area contributed by atoms with E-state index in [9.17, 15) is 0 Å². The van der Waals surface area contributed by atoms with Crippen LogP contribution >= 0.6 is 0 Å². The van der Waals surface area contributed by atoms with E-state index in [1.165, 1.54) is 37.6 Å². The highest BCUT2D eigenvalue weighted by Gasteiger charge is 2.26. The van der Waals surface area contributed by atoms with E-state index in [-0.39, 0.29) is 0 Å². The zero-order valence-electron chi connectivity index (χ0n) is 11.9. The summed E-state index contributed by atoms with van der Waals surface area (Å²) in [6, 6.07) is 8.34. The van der Waals surface area contributed by atoms with Crippen molar-refractivity contribution in [1.82, 2.24) is 14.9 Å². The number of aryl methyl sites for hydroxylation is 1. The van der Waals surface area contributed by atoms with Gasteiger partial charge in [-0.2, -0.15) is 0 Å². The van der Waals surface area contributed by atoms with Crippen molar-refractivity contribution in [3.8, 4) is 0 Å². The molecule has 0 spiro atoms. The maximum Gasteiger partial charge on any atom is 0.123 e. The molecule has 0 radical (unpaired) electrons. The van der Waals surface area contributed by atoms with Crippen LogP contribution in [0.1, 0.15) is 44.9 Å². The first kappa shape index (κ1) is 12.7. The molecule has 0 amide bonds. The predicted octanol–water partition coefficient (Wildman–Crippen LogP) is 3.39. The topological polar surface area (TPSA) is 29.9 Å². The number of fused-ring (bicyclic) bond motifs is 1. The molecule has 1 aliphatic carbocycles. The van der Waals surface area contributed by atoms with Crippen LogP contribution in [-0.4, -0.2) is 15.1 Å². The van der Waals surface area contributed by atoms with Crippen molar-refractivity contribution < 1.29 is 0 Å². The lowest BCUT2D eigenvalue weighted by Gasteiger charge is -2.34. The standard InChI is InChI=1S/C16H23N3/c1-16(10-6-3-7-11-16)17-12-15-18-13-8-4-5-9-14(13)19(15)2/h4-5,8-9,17H,3,6-7,10-12H2,1-2H3. The molecule has 0 unspecified atom stereocenters. The lowest BCUT2D eigenvalue weighted by Crippen LogP contribution is -2.43. The van der Waals surface area contributed by atoms with Crippen molar-refractivity contribution in [3.63, 3.8) is 0 Å². The Kier molecular flexibility index (Phi) is 3.31. The highest BCUT2D eigenvalue weighted by molar-refractivity contribution is 5.75. The Morgan fingerprint density at radius 1 is 1.21 bits per heavy atom. The van der Waals surface area contributed by atoms with Crippen molar-refractivity contribution in [2.45, 2.75) is 51.1 Å². The summed E-state index contributed by atoms with van der Waals surface area (Å²) in [7, 11) is 2.11. The van der Waals surface area contributed by atoms with Crippen LogP contribution in [0.25, 0.3) is 11.0 Å². The maximum atomic E-state index is 4.73. The van der Waals surface area contributed by atoms with Gasteiger partial charge in [-0.05, 0) is 31.9 Å². The Hall–Kier alpha value is -1.35. The van der Waals surface area contributed by atoms with Gasteiger partial charge >= 0.3 is 0 Å². The molecular formula is C16H23N3. The fourth-order valence-electron chi connectivity index (χ4n) is 3.15. The summed E-state index contributed by atoms with van der Waals surface area (Å²) in [5.74, 6) is 1.13. The van der Waals surface area contributed by atoms with E-state index >= 15 is 0 Å². The highest BCUT2D eigenvalue weighted by Crippen LogP contribution is 2.28. The molecule has 1 heterocycles. The van der Waals surface area contributed by atoms with Crippen molar-refractivity contribution in [1.29, 1.82) is 0 Å². The smallest absolute Gasteiger partial charge is 0.123 e. The van der Waals surface area contributed by atoms with Gasteiger partial charge in [0, 0.05) is 12.6 Å². The summed E-state index contributed by atoms with van der Waals surface area (Å²) in [4.78, 5) is 4.73. The van der Waals surface area contributed by atoms with Gasteiger partial charge in [0.05, 0.1) is 17.6 Å². The number of nitrogens with one attached hydrogen (secondary N) is 1. The van der Waals surface area contributed by atoms with Crippen molar-refractivity contribution in [2.24, 2.45) is 7.05 Å². The monoisotopic (exact) mass is 257 g/mol. The minimum Gasteiger partial charge on any atom is -0.330 e. The summed E-state index contributed by atoms with van der Waals surface area (Å²) in [6.45, 7) is 3.22. The Labute approximate surface area is 115 Å². The summed E-state index contributed by atoms with van der Waals surface area (Å²) in [5, 5.41) is 3.73. The van der Waals surface area contributed by atoms with Crippen LogP contribution in [0, 0.1) is 0 Å². The number of hydrogen-bond donors (Lipinski definition) is 1. The molecule has 1 aliphatic rings. The van der Waals surface area contributed by atoms with Crippen LogP contribution in [0.3, 0.4) is 0 Å². The Morgan fingerprint density at radius 3 is 2.68 bits per heavy atom. The fourth-order valence-corrected chi connectivity index (χ4v) is 3.15. The lowest BCUT2D eigenvalue weighted by atomic mass is 9.83. The van der Waals surface area contributed by atoms with E-state index in [1.807, 2.05) is 0 Å². The van der Waals surface area contributed by atoms with E-state index in [0.717, 1.165) is 17.9 Å². The minimum atomic E-state index is 0.302. The summed E-state index contributed by atoms with van der Waals surface area (Å²) in [6.07, 6.45) is 6.68. The van der Waals surface area contributed by atoms with Crippen LogP contribution in [0.15, 0.2) is 24.3 Å². The Balaban J connectivity index is 1.76. The third-order valence-corrected chi connectivity index (χ3v) is 4.51. The van der Waals surface area contributed by atoms with Crippen molar-refractivity contribution in [3.05, 3.63) is 30.1 Å². The molecule has 0 atom stereocenters. The number of nitrogens with zero attached hydrogens (tertiary/aromatic N) is 2. The van der Waals surface area contributed by atoms with Gasteiger partial charge in [-0.1, -0.05) is 31.4 Å². The number of rotatable bonds is 3. The van der Waals surface area contributed by atoms with Gasteiger partial charge in [-0.15, -0.1) is 0 Å². The van der Waals surface area contributed by atoms with Crippen molar-refractivity contribution in [2.75, 3.05) is 0 Å². The Bertz CT molecular complexity index is 564. The molecule has 1 aromatic heterocycles. The van der Waals surface area contributed by atoms with Crippen LogP contribution in [0.5, 0.6) is 0 Å². The fraction of sp³-hybridized carbons (Fsp3) is 0.562. The molecule has 1 saturated carbocycles. The minimum absolute atomic E-state index is 0.302. The number of hydrogen-bond acceptors (Lipinski definition) is 2. The van der Waals surface area contributed by atoms with Gasteiger partial charge in [-0.3, -0.25) is 0 Å². The predicted molar refractivity (Wildman–Crippen MR) is 79.0 cm³/mol. The Morgan fingerprint density at radius 2 is 1.95 bits per heavy atom. The zero-order valence-corrected chi connectivity index (χ0v) is 11.9. The molecule has 2 aromatic rings. The molecular weight excluding hydrogens is 234 g/mol. The van der Waals surface area contributed by atoms with E-state index in [4.69, 9.17) is 4.98 Å². The SMILES string of the molecule is Cn1c(CNC2(C)CCCCC2)nc2ccccc21. The molecule has 1 aromatic carbocycles. The molecule has 3 rings (SSSR count). The first-order valence-corrected chi connectivity index (χ1v) is 7.33. The van der Waals surface area contributed by atoms with Crippen LogP contribution in [-0.2, 0) is 13.6 Å². The highest BCUT2D eigenvalue weighted by atomic mass is 15.1. The van der Waals surface area contributed by atoms with Gasteiger partial charge in [0.2, 0.25) is 0 Å². The van der Waals surface area contributed by atoms with Gasteiger partial charge in [0.1, 0.15) is 5.82 Å². The molecule has 19 heavy (non-hydrogen) atoms. The van der Waals surface area contributed by atoms with Gasteiger partial charge in [0.15, 0.2) is 0 Å². The molecule has 3 nitrogen and oxygen atoms in total. The second-order valence-electron chi connectivity index (χ2n) is 6.05. The number of benzene rings is 1.